The molecule has 1 heterocycles. The van der Waals surface area contributed by atoms with E-state index in [1.807, 2.05) is 0 Å². The Morgan fingerprint density at radius 2 is 1.78 bits per heavy atom. The number of carbonyl (C=O) groups is 1. The molecule has 3 saturated carbocycles. The maximum Gasteiger partial charge on any atom is 0.0610 e. The van der Waals surface area contributed by atoms with Gasteiger partial charge in [0.05, 0.1) is 25.4 Å². The number of fused-ring (bicyclic) bond motifs is 1. The molecule has 2 unspecified atom stereocenters. The summed E-state index contributed by atoms with van der Waals surface area (Å²) in [5.74, 6) is 0.0874. The molecule has 3 aliphatic carbocycles. The lowest BCUT2D eigenvalue weighted by atomic mass is 9.52. The summed E-state index contributed by atoms with van der Waals surface area (Å²) >= 11 is 0. The number of carboxylic acids is 1. The van der Waals surface area contributed by atoms with Crippen molar-refractivity contribution in [3.05, 3.63) is 12.2 Å². The summed E-state index contributed by atoms with van der Waals surface area (Å²) in [5, 5.41) is 30.8. The molecule has 0 amide bonds. The van der Waals surface area contributed by atoms with Gasteiger partial charge in [-0.2, -0.15) is 0 Å². The van der Waals surface area contributed by atoms with Crippen LogP contribution in [0.15, 0.2) is 12.2 Å². The maximum absolute atomic E-state index is 11.5. The van der Waals surface area contributed by atoms with E-state index >= 15 is 0 Å². The number of quaternary nitrogens is 1. The average molecular weight is 455 g/mol. The third-order valence-corrected chi connectivity index (χ3v) is 9.12. The lowest BCUT2D eigenvalue weighted by Gasteiger charge is -2.56. The van der Waals surface area contributed by atoms with Crippen LogP contribution < -0.4 is 11.3 Å². The third kappa shape index (κ3) is 5.55. The van der Waals surface area contributed by atoms with Gasteiger partial charge >= 0.3 is 0 Å². The average Bonchev–Trinajstić information content (AvgIpc) is 3.01. The molecule has 1 aliphatic heterocycles. The SMILES string of the molecule is C=C1CCC2[C@@H](O)C([C@@]3(C)CC[C@H](O)C[C@@H]3CN3CCOCC3)CC[C@@]12C.CC(=O)[O-].[NH4+]. The van der Waals surface area contributed by atoms with Crippen molar-refractivity contribution in [3.63, 3.8) is 0 Å². The van der Waals surface area contributed by atoms with Crippen LogP contribution in [0.5, 0.6) is 0 Å². The van der Waals surface area contributed by atoms with Crippen LogP contribution in [0, 0.1) is 28.6 Å². The van der Waals surface area contributed by atoms with Gasteiger partial charge in [-0.05, 0) is 80.5 Å². The summed E-state index contributed by atoms with van der Waals surface area (Å²) in [5.41, 5.74) is 1.61. The molecule has 1 saturated heterocycles. The highest BCUT2D eigenvalue weighted by atomic mass is 16.5. The first-order valence-electron chi connectivity index (χ1n) is 12.1. The maximum atomic E-state index is 11.5. The number of ether oxygens (including phenoxy) is 1. The van der Waals surface area contributed by atoms with Crippen molar-refractivity contribution in [3.8, 4) is 0 Å². The molecular weight excluding hydrogens is 408 g/mol. The van der Waals surface area contributed by atoms with Crippen LogP contribution in [0.2, 0.25) is 0 Å². The number of aliphatic carboxylic acids is 1. The number of carboxylic acid groups (broad SMARTS) is 1. The first-order valence-corrected chi connectivity index (χ1v) is 12.1. The van der Waals surface area contributed by atoms with E-state index in [9.17, 15) is 10.2 Å². The highest BCUT2D eigenvalue weighted by Gasteiger charge is 2.56. The fourth-order valence-corrected chi connectivity index (χ4v) is 7.00. The second kappa shape index (κ2) is 11.0. The largest absolute Gasteiger partial charge is 0.550 e. The quantitative estimate of drug-likeness (QED) is 0.561. The van der Waals surface area contributed by atoms with Crippen LogP contribution in [-0.2, 0) is 9.53 Å². The molecule has 0 aromatic carbocycles. The number of rotatable bonds is 3. The zero-order valence-electron chi connectivity index (χ0n) is 20.6. The van der Waals surface area contributed by atoms with E-state index in [0.29, 0.717) is 17.8 Å². The Hall–Kier alpha value is -0.990. The molecule has 186 valence electrons. The van der Waals surface area contributed by atoms with Gasteiger partial charge < -0.3 is 31.0 Å². The van der Waals surface area contributed by atoms with Gasteiger partial charge in [0.1, 0.15) is 0 Å². The predicted octanol–water partition coefficient (Wildman–Crippen LogP) is 2.36. The summed E-state index contributed by atoms with van der Waals surface area (Å²) < 4.78 is 5.52. The molecule has 7 atom stereocenters. The van der Waals surface area contributed by atoms with Crippen molar-refractivity contribution in [1.29, 1.82) is 0 Å². The number of nitrogens with zero attached hydrogens (tertiary/aromatic N) is 1. The number of aliphatic hydroxyl groups is 2. The summed E-state index contributed by atoms with van der Waals surface area (Å²) in [6, 6.07) is 0. The van der Waals surface area contributed by atoms with Crippen molar-refractivity contribution in [2.45, 2.75) is 77.9 Å². The zero-order valence-corrected chi connectivity index (χ0v) is 20.6. The Kier molecular flexibility index (Phi) is 9.33. The van der Waals surface area contributed by atoms with Crippen LogP contribution in [-0.4, -0.2) is 66.1 Å². The minimum absolute atomic E-state index is 0. The van der Waals surface area contributed by atoms with Crippen LogP contribution in [0.25, 0.3) is 0 Å². The van der Waals surface area contributed by atoms with Crippen LogP contribution in [0.3, 0.4) is 0 Å². The smallest absolute Gasteiger partial charge is 0.0610 e. The van der Waals surface area contributed by atoms with Crippen molar-refractivity contribution < 1.29 is 24.9 Å². The van der Waals surface area contributed by atoms with Crippen LogP contribution >= 0.6 is 0 Å². The van der Waals surface area contributed by atoms with E-state index in [4.69, 9.17) is 14.6 Å². The summed E-state index contributed by atoms with van der Waals surface area (Å²) in [4.78, 5) is 11.4. The van der Waals surface area contributed by atoms with E-state index in [0.717, 1.165) is 78.3 Å². The molecule has 0 bridgehead atoms. The number of carbonyl (C=O) groups excluding carboxylic acids is 1. The molecule has 4 rings (SSSR count). The zero-order chi connectivity index (χ0) is 22.8. The van der Waals surface area contributed by atoms with Crippen molar-refractivity contribution in [1.82, 2.24) is 11.1 Å². The molecule has 32 heavy (non-hydrogen) atoms. The number of hydrogen-bond donors (Lipinski definition) is 3. The van der Waals surface area contributed by atoms with Gasteiger partial charge in [-0.3, -0.25) is 4.90 Å². The molecule has 0 aromatic heterocycles. The summed E-state index contributed by atoms with van der Waals surface area (Å²) in [6.07, 6.45) is 6.84. The number of hydrogen-bond acceptors (Lipinski definition) is 6. The minimum Gasteiger partial charge on any atom is -0.550 e. The summed E-state index contributed by atoms with van der Waals surface area (Å²) in [7, 11) is 0. The van der Waals surface area contributed by atoms with E-state index < -0.39 is 5.97 Å². The monoisotopic (exact) mass is 454 g/mol. The van der Waals surface area contributed by atoms with Crippen molar-refractivity contribution >= 4 is 5.97 Å². The fourth-order valence-electron chi connectivity index (χ4n) is 7.00. The normalized spacial score (nSPS) is 42.3. The Morgan fingerprint density at radius 3 is 2.41 bits per heavy atom. The van der Waals surface area contributed by atoms with Crippen molar-refractivity contribution in [2.24, 2.45) is 28.6 Å². The van der Waals surface area contributed by atoms with E-state index in [1.165, 1.54) is 12.0 Å². The molecular formula is C25H46N2O5. The number of aliphatic hydroxyl groups excluding tert-OH is 2. The third-order valence-electron chi connectivity index (χ3n) is 9.12. The van der Waals surface area contributed by atoms with Gasteiger partial charge in [-0.25, -0.2) is 0 Å². The second-order valence-corrected chi connectivity index (χ2v) is 10.8. The van der Waals surface area contributed by atoms with Gasteiger partial charge in [-0.15, -0.1) is 0 Å². The molecule has 7 heteroatoms. The second-order valence-electron chi connectivity index (χ2n) is 10.8. The number of morpholine rings is 1. The highest BCUT2D eigenvalue weighted by molar-refractivity contribution is 5.60. The van der Waals surface area contributed by atoms with Crippen LogP contribution in [0.1, 0.15) is 65.7 Å². The first kappa shape index (κ1) is 27.3. The topological polar surface area (TPSA) is 130 Å². The van der Waals surface area contributed by atoms with E-state index in [1.54, 1.807) is 0 Å². The highest BCUT2D eigenvalue weighted by Crippen LogP contribution is 2.61. The Balaban J connectivity index is 0.000000672. The molecule has 0 spiro atoms. The van der Waals surface area contributed by atoms with E-state index in [2.05, 4.69) is 25.3 Å². The Bertz CT molecular complexity index is 648. The Morgan fingerprint density at radius 1 is 1.16 bits per heavy atom. The summed E-state index contributed by atoms with van der Waals surface area (Å²) in [6.45, 7) is 14.7. The molecule has 0 radical (unpaired) electrons. The van der Waals surface area contributed by atoms with Gasteiger partial charge in [0.15, 0.2) is 0 Å². The lowest BCUT2D eigenvalue weighted by molar-refractivity contribution is -0.302. The first-order chi connectivity index (χ1) is 14.6. The molecule has 4 aliphatic rings. The van der Waals surface area contributed by atoms with Crippen LogP contribution in [0.4, 0.5) is 0 Å². The standard InChI is InChI=1S/C23H39NO3.C2H4O2.H3N/c1-16-4-5-19-21(26)20(7-9-22(16,19)2)23(3)8-6-18(25)14-17(23)15-24-10-12-27-13-11-24;1-2(3)4;/h17-21,25-26H,1,4-15H2,2-3H3;1H3,(H,3,4);1H3/t17-,18+,19?,20?,21-,22+,23+;;/m1../s1. The molecule has 0 aromatic rings. The molecule has 4 fully saturated rings. The van der Waals surface area contributed by atoms with Crippen molar-refractivity contribution in [2.75, 3.05) is 32.8 Å². The van der Waals surface area contributed by atoms with Gasteiger partial charge in [0.2, 0.25) is 0 Å². The van der Waals surface area contributed by atoms with Gasteiger partial charge in [-0.1, -0.05) is 26.0 Å². The number of allylic oxidation sites excluding steroid dienone is 1. The fraction of sp³-hybridized carbons (Fsp3) is 0.880. The van der Waals surface area contributed by atoms with Gasteiger partial charge in [0.25, 0.3) is 0 Å². The van der Waals surface area contributed by atoms with E-state index in [-0.39, 0.29) is 29.2 Å². The Labute approximate surface area is 193 Å². The molecule has 7 nitrogen and oxygen atoms in total. The molecule has 6 N–H and O–H groups in total. The minimum atomic E-state index is -1.08. The van der Waals surface area contributed by atoms with Gasteiger partial charge in [0, 0.05) is 25.6 Å². The lowest BCUT2D eigenvalue weighted by Crippen LogP contribution is -2.55. The predicted molar refractivity (Wildman–Crippen MR) is 124 cm³/mol.